The van der Waals surface area contributed by atoms with E-state index < -0.39 is 0 Å². The molecule has 0 aliphatic heterocycles. The van der Waals surface area contributed by atoms with Gasteiger partial charge in [0.15, 0.2) is 10.6 Å². The number of aromatic amines is 1. The Hall–Kier alpha value is -2.77. The highest BCUT2D eigenvalue weighted by Crippen LogP contribution is 2.20. The van der Waals surface area contributed by atoms with E-state index in [9.17, 15) is 4.79 Å². The number of aromatic nitrogens is 3. The van der Waals surface area contributed by atoms with E-state index in [1.807, 2.05) is 47.9 Å². The van der Waals surface area contributed by atoms with E-state index in [4.69, 9.17) is 12.2 Å². The molecule has 0 spiro atoms. The van der Waals surface area contributed by atoms with Crippen LogP contribution in [0.1, 0.15) is 37.4 Å². The zero-order valence-electron chi connectivity index (χ0n) is 18.5. The Balaban J connectivity index is 1.65. The van der Waals surface area contributed by atoms with Crippen molar-refractivity contribution in [2.24, 2.45) is 0 Å². The average molecular weight is 438 g/mol. The van der Waals surface area contributed by atoms with Crippen LogP contribution in [0.2, 0.25) is 0 Å². The highest BCUT2D eigenvalue weighted by atomic mass is 32.1. The van der Waals surface area contributed by atoms with Crippen LogP contribution in [0.25, 0.3) is 11.4 Å². The van der Waals surface area contributed by atoms with Crippen LogP contribution in [0.15, 0.2) is 54.6 Å². The lowest BCUT2D eigenvalue weighted by Gasteiger charge is -2.30. The summed E-state index contributed by atoms with van der Waals surface area (Å²) < 4.78 is 2.41. The minimum atomic E-state index is 0.00591. The molecular formula is C24H31N5OS. The molecule has 0 bridgehead atoms. The van der Waals surface area contributed by atoms with Crippen molar-refractivity contribution in [3.63, 3.8) is 0 Å². The van der Waals surface area contributed by atoms with Crippen molar-refractivity contribution in [2.45, 2.75) is 39.8 Å². The first-order chi connectivity index (χ1) is 15.0. The summed E-state index contributed by atoms with van der Waals surface area (Å²) in [5.41, 5.74) is 3.35. The number of H-pyrrole nitrogens is 1. The highest BCUT2D eigenvalue weighted by Gasteiger charge is 2.19. The molecule has 0 radical (unpaired) electrons. The van der Waals surface area contributed by atoms with E-state index in [1.165, 1.54) is 5.56 Å². The van der Waals surface area contributed by atoms with Gasteiger partial charge >= 0.3 is 0 Å². The number of likely N-dealkylation sites (N-methyl/N-ethyl adjacent to an activating group) is 1. The van der Waals surface area contributed by atoms with Gasteiger partial charge in [0.1, 0.15) is 0 Å². The molecule has 2 N–H and O–H groups in total. The second kappa shape index (κ2) is 11.0. The van der Waals surface area contributed by atoms with Crippen molar-refractivity contribution >= 4 is 18.1 Å². The van der Waals surface area contributed by atoms with Crippen molar-refractivity contribution in [3.8, 4) is 11.4 Å². The molecule has 7 heteroatoms. The summed E-state index contributed by atoms with van der Waals surface area (Å²) in [5, 5.41) is 10.4. The Morgan fingerprint density at radius 3 is 2.58 bits per heavy atom. The third kappa shape index (κ3) is 5.89. The number of benzene rings is 2. The first-order valence-electron chi connectivity index (χ1n) is 10.8. The smallest absolute Gasteiger partial charge is 0.221 e. The van der Waals surface area contributed by atoms with E-state index in [2.05, 4.69) is 52.5 Å². The molecule has 2 aromatic carbocycles. The quantitative estimate of drug-likeness (QED) is 0.458. The van der Waals surface area contributed by atoms with Crippen LogP contribution in [0, 0.1) is 11.7 Å². The van der Waals surface area contributed by atoms with Crippen molar-refractivity contribution < 1.29 is 4.79 Å². The topological polar surface area (TPSA) is 66.0 Å². The van der Waals surface area contributed by atoms with Crippen LogP contribution in [0.4, 0.5) is 0 Å². The molecule has 0 aliphatic rings. The molecule has 0 unspecified atom stereocenters. The third-order valence-corrected chi connectivity index (χ3v) is 5.84. The van der Waals surface area contributed by atoms with Crippen LogP contribution in [-0.4, -0.2) is 45.2 Å². The molecule has 1 heterocycles. The third-order valence-electron chi connectivity index (χ3n) is 5.53. The van der Waals surface area contributed by atoms with E-state index >= 15 is 0 Å². The molecule has 1 atom stereocenters. The predicted molar refractivity (Wildman–Crippen MR) is 127 cm³/mol. The maximum atomic E-state index is 12.7. The molecule has 0 saturated heterocycles. The van der Waals surface area contributed by atoms with Gasteiger partial charge in [-0.15, -0.1) is 0 Å². The van der Waals surface area contributed by atoms with Gasteiger partial charge < -0.3 is 5.32 Å². The van der Waals surface area contributed by atoms with Gasteiger partial charge in [-0.1, -0.05) is 67.9 Å². The fourth-order valence-corrected chi connectivity index (χ4v) is 4.06. The second-order valence-corrected chi connectivity index (χ2v) is 7.96. The number of nitrogens with zero attached hydrogens (tertiary/aromatic N) is 3. The molecule has 0 aliphatic carbocycles. The SMILES string of the molecule is CCN(CC)[C@H](CNC(=O)CCn1c(-c2cccc(C)c2)n[nH]c1=S)c1ccccc1. The number of nitrogens with one attached hydrogen (secondary N) is 2. The Labute approximate surface area is 189 Å². The highest BCUT2D eigenvalue weighted by molar-refractivity contribution is 7.71. The minimum absolute atomic E-state index is 0.00591. The molecule has 0 fully saturated rings. The van der Waals surface area contributed by atoms with Gasteiger partial charge in [-0.25, -0.2) is 0 Å². The molecule has 6 nitrogen and oxygen atoms in total. The fourth-order valence-electron chi connectivity index (χ4n) is 3.84. The summed E-state index contributed by atoms with van der Waals surface area (Å²) in [6.07, 6.45) is 0.340. The predicted octanol–water partition coefficient (Wildman–Crippen LogP) is 4.51. The van der Waals surface area contributed by atoms with Gasteiger partial charge in [0.2, 0.25) is 5.91 Å². The molecule has 164 valence electrons. The van der Waals surface area contributed by atoms with Crippen molar-refractivity contribution in [1.29, 1.82) is 0 Å². The normalized spacial score (nSPS) is 12.1. The van der Waals surface area contributed by atoms with Crippen molar-refractivity contribution in [2.75, 3.05) is 19.6 Å². The minimum Gasteiger partial charge on any atom is -0.354 e. The average Bonchev–Trinajstić information content (AvgIpc) is 3.16. The lowest BCUT2D eigenvalue weighted by Crippen LogP contribution is -2.38. The van der Waals surface area contributed by atoms with Gasteiger partial charge in [-0.2, -0.15) is 5.10 Å². The summed E-state index contributed by atoms with van der Waals surface area (Å²) >= 11 is 5.40. The number of hydrogen-bond donors (Lipinski definition) is 2. The summed E-state index contributed by atoms with van der Waals surface area (Å²) in [7, 11) is 0. The Morgan fingerprint density at radius 2 is 1.90 bits per heavy atom. The Morgan fingerprint density at radius 1 is 1.16 bits per heavy atom. The van der Waals surface area contributed by atoms with Gasteiger partial charge in [-0.05, 0) is 43.9 Å². The Kier molecular flexibility index (Phi) is 8.14. The van der Waals surface area contributed by atoms with Gasteiger partial charge in [-0.3, -0.25) is 19.4 Å². The molecular weight excluding hydrogens is 406 g/mol. The van der Waals surface area contributed by atoms with Crippen LogP contribution >= 0.6 is 12.2 Å². The van der Waals surface area contributed by atoms with Crippen LogP contribution < -0.4 is 5.32 Å². The van der Waals surface area contributed by atoms with Gasteiger partial charge in [0, 0.05) is 25.1 Å². The van der Waals surface area contributed by atoms with Crippen LogP contribution in [0.5, 0.6) is 0 Å². The maximum absolute atomic E-state index is 12.7. The summed E-state index contributed by atoms with van der Waals surface area (Å²) in [6, 6.07) is 18.6. The number of hydrogen-bond acceptors (Lipinski definition) is 4. The van der Waals surface area contributed by atoms with Crippen LogP contribution in [0.3, 0.4) is 0 Å². The Bertz CT molecular complexity index is 1040. The first kappa shape index (κ1) is 22.9. The zero-order valence-corrected chi connectivity index (χ0v) is 19.3. The molecule has 31 heavy (non-hydrogen) atoms. The number of carbonyl (C=O) groups is 1. The van der Waals surface area contributed by atoms with Crippen LogP contribution in [-0.2, 0) is 11.3 Å². The molecule has 0 saturated carbocycles. The number of carbonyl (C=O) groups excluding carboxylic acids is 1. The standard InChI is InChI=1S/C24H31N5OS/c1-4-28(5-2)21(19-11-7-6-8-12-19)17-25-22(30)14-15-29-23(26-27-24(29)31)20-13-9-10-18(3)16-20/h6-13,16,21H,4-5,14-15,17H2,1-3H3,(H,25,30)(H,27,31)/t21-/m1/s1. The second-order valence-electron chi connectivity index (χ2n) is 7.58. The summed E-state index contributed by atoms with van der Waals surface area (Å²) in [6.45, 7) is 9.24. The molecule has 1 amide bonds. The van der Waals surface area contributed by atoms with E-state index in [0.29, 0.717) is 24.3 Å². The van der Waals surface area contributed by atoms with Crippen molar-refractivity contribution in [1.82, 2.24) is 25.0 Å². The molecule has 3 aromatic rings. The lowest BCUT2D eigenvalue weighted by atomic mass is 10.1. The summed E-state index contributed by atoms with van der Waals surface area (Å²) in [5.74, 6) is 0.762. The number of rotatable bonds is 10. The monoisotopic (exact) mass is 437 g/mol. The van der Waals surface area contributed by atoms with E-state index in [0.717, 1.165) is 30.0 Å². The van der Waals surface area contributed by atoms with Gasteiger partial charge in [0.25, 0.3) is 0 Å². The largest absolute Gasteiger partial charge is 0.354 e. The van der Waals surface area contributed by atoms with Crippen molar-refractivity contribution in [3.05, 3.63) is 70.5 Å². The maximum Gasteiger partial charge on any atom is 0.221 e. The fraction of sp³-hybridized carbons (Fsp3) is 0.375. The van der Waals surface area contributed by atoms with Gasteiger partial charge in [0.05, 0.1) is 6.04 Å². The zero-order chi connectivity index (χ0) is 22.2. The number of aryl methyl sites for hydroxylation is 1. The lowest BCUT2D eigenvalue weighted by molar-refractivity contribution is -0.121. The van der Waals surface area contributed by atoms with E-state index in [-0.39, 0.29) is 11.9 Å². The molecule has 3 rings (SSSR count). The number of amides is 1. The first-order valence-corrected chi connectivity index (χ1v) is 11.2. The summed E-state index contributed by atoms with van der Waals surface area (Å²) in [4.78, 5) is 15.0. The molecule has 1 aromatic heterocycles. The van der Waals surface area contributed by atoms with E-state index in [1.54, 1.807) is 0 Å².